The summed E-state index contributed by atoms with van der Waals surface area (Å²) in [6.45, 7) is 10.3. The number of esters is 1. The zero-order valence-corrected chi connectivity index (χ0v) is 46.5. The fourth-order valence-electron chi connectivity index (χ4n) is 8.74. The second-order valence-corrected chi connectivity index (χ2v) is 22.7. The summed E-state index contributed by atoms with van der Waals surface area (Å²) >= 11 is 6.57. The number of anilines is 1. The lowest BCUT2D eigenvalue weighted by Crippen LogP contribution is -2.75. The number of amides is 3. The SMILES string of the molecule is BOC(=O)C1=C(C[n+]2cccc3c2CCCCN3C(=O)c2ccc(OCc3ccc(OC)cc3)c(OCc3ccc(OC)cc3)c2Cl)C[S+]([O-])[C@@H]2[C@H](NC(=O)/C(=N\OC(C)(C)C(=O)OC(C)(C)C)c3csc(C)n3)C(=O)N12. The number of rotatable bonds is 18. The fraction of sp³-hybridized carbons (Fsp3) is 0.370. The molecule has 3 aliphatic rings. The number of fused-ring (bicyclic) bond motifs is 2. The average molecular weight is 1110 g/mol. The van der Waals surface area contributed by atoms with Crippen molar-refractivity contribution in [3.8, 4) is 23.0 Å². The molecule has 3 amide bonds. The number of β-lactam (4-membered cyclic amide) rings is 1. The third-order valence-electron chi connectivity index (χ3n) is 12.7. The maximum Gasteiger partial charge on any atom is 0.353 e. The van der Waals surface area contributed by atoms with E-state index < -0.39 is 63.5 Å². The van der Waals surface area contributed by atoms with Gasteiger partial charge in [0.05, 0.1) is 35.4 Å². The average Bonchev–Trinajstić information content (AvgIpc) is 3.72. The molecule has 19 nitrogen and oxygen atoms in total. The van der Waals surface area contributed by atoms with Crippen molar-refractivity contribution >= 4 is 83.2 Å². The molecule has 1 N–H and O–H groups in total. The molecule has 8 rings (SSSR count). The molecule has 5 heterocycles. The lowest BCUT2D eigenvalue weighted by atomic mass is 10.0. The van der Waals surface area contributed by atoms with E-state index in [1.165, 1.54) is 33.2 Å². The highest BCUT2D eigenvalue weighted by atomic mass is 35.5. The number of aromatic nitrogens is 2. The minimum Gasteiger partial charge on any atom is -0.614 e. The minimum absolute atomic E-state index is 0.00396. The van der Waals surface area contributed by atoms with Crippen LogP contribution in [-0.4, -0.2) is 107 Å². The van der Waals surface area contributed by atoms with Crippen LogP contribution in [0.4, 0.5) is 5.69 Å². The molecular weight excluding hydrogens is 1050 g/mol. The van der Waals surface area contributed by atoms with Crippen LogP contribution < -0.4 is 33.7 Å². The van der Waals surface area contributed by atoms with Crippen LogP contribution in [0.25, 0.3) is 0 Å². The molecule has 0 aliphatic carbocycles. The predicted molar refractivity (Wildman–Crippen MR) is 289 cm³/mol. The first kappa shape index (κ1) is 56.1. The van der Waals surface area contributed by atoms with Crippen molar-refractivity contribution in [3.63, 3.8) is 0 Å². The highest BCUT2D eigenvalue weighted by Crippen LogP contribution is 2.41. The van der Waals surface area contributed by atoms with Gasteiger partial charge >= 0.3 is 20.0 Å². The highest BCUT2D eigenvalue weighted by Gasteiger charge is 2.62. The normalized spacial score (nSPS) is 17.5. The van der Waals surface area contributed by atoms with Gasteiger partial charge in [-0.1, -0.05) is 41.0 Å². The first-order valence-electron chi connectivity index (χ1n) is 24.6. The summed E-state index contributed by atoms with van der Waals surface area (Å²) in [5.41, 5.74) is 0.748. The summed E-state index contributed by atoms with van der Waals surface area (Å²) in [4.78, 5) is 82.6. The molecule has 0 spiro atoms. The van der Waals surface area contributed by atoms with Gasteiger partial charge in [0.1, 0.15) is 53.1 Å². The van der Waals surface area contributed by atoms with E-state index in [2.05, 4.69) is 15.5 Å². The van der Waals surface area contributed by atoms with Crippen molar-refractivity contribution in [1.29, 1.82) is 0 Å². The maximum absolute atomic E-state index is 14.9. The number of benzene rings is 3. The summed E-state index contributed by atoms with van der Waals surface area (Å²) in [7, 11) is 4.36. The van der Waals surface area contributed by atoms with Crippen molar-refractivity contribution < 1.29 is 66.3 Å². The van der Waals surface area contributed by atoms with Crippen LogP contribution in [0.2, 0.25) is 5.02 Å². The standard InChI is InChI=1S/C54H58BClN6O13S2/c1-31-57-38(29-76-31)43(59-75-54(5,6)52(67)73-53(2,3)4)47(63)58-44-49(65)62-45(51(66)74-55)34(30-77(68)50(44)62)26-60-24-11-13-40-39(60)12-9-10-25-61(40)48(64)37-22-23-41(71-27-32-14-18-35(69-7)19-15-32)46(42(37)56)72-28-33-16-20-36(70-8)21-17-33/h11,13-24,29,44,50H,9-10,12,25-28,30,55H2,1-8H3/p+1/b59-43-/t44-,50-,77?/m1/s1. The summed E-state index contributed by atoms with van der Waals surface area (Å²) in [5, 5.41) is 7.76. The Balaban J connectivity index is 1.05. The Morgan fingerprint density at radius 3 is 2.22 bits per heavy atom. The van der Waals surface area contributed by atoms with Gasteiger partial charge in [0, 0.05) is 24.4 Å². The lowest BCUT2D eigenvalue weighted by Gasteiger charge is -2.48. The molecule has 77 heavy (non-hydrogen) atoms. The molecule has 1 saturated heterocycles. The molecule has 23 heteroatoms. The van der Waals surface area contributed by atoms with Crippen LogP contribution in [0.15, 0.2) is 101 Å². The van der Waals surface area contributed by atoms with Gasteiger partial charge in [-0.3, -0.25) is 19.3 Å². The molecule has 2 aromatic heterocycles. The molecule has 3 aliphatic heterocycles. The first-order valence-corrected chi connectivity index (χ1v) is 27.3. The lowest BCUT2D eigenvalue weighted by molar-refractivity contribution is -0.695. The number of hydrogen-bond acceptors (Lipinski definition) is 16. The Kier molecular flexibility index (Phi) is 17.2. The van der Waals surface area contributed by atoms with Crippen molar-refractivity contribution in [1.82, 2.24) is 15.2 Å². The Labute approximate surface area is 459 Å². The van der Waals surface area contributed by atoms with Crippen molar-refractivity contribution in [2.45, 2.75) is 103 Å². The van der Waals surface area contributed by atoms with E-state index in [4.69, 9.17) is 44.8 Å². The van der Waals surface area contributed by atoms with Crippen molar-refractivity contribution in [2.75, 3.05) is 31.4 Å². The topological polar surface area (TPSA) is 221 Å². The van der Waals surface area contributed by atoms with Gasteiger partial charge in [0.15, 0.2) is 36.0 Å². The van der Waals surface area contributed by atoms with Crippen LogP contribution in [0.5, 0.6) is 23.0 Å². The largest absolute Gasteiger partial charge is 0.614 e. The fourth-order valence-corrected chi connectivity index (χ4v) is 11.3. The second kappa shape index (κ2) is 23.6. The first-order chi connectivity index (χ1) is 36.7. The molecule has 3 atom stereocenters. The van der Waals surface area contributed by atoms with E-state index in [-0.39, 0.29) is 58.9 Å². The van der Waals surface area contributed by atoms with Crippen LogP contribution in [0, 0.1) is 6.92 Å². The van der Waals surface area contributed by atoms with E-state index >= 15 is 0 Å². The van der Waals surface area contributed by atoms with Crippen LogP contribution in [0.1, 0.15) is 85.3 Å². The number of carbonyl (C=O) groups excluding carboxylic acids is 5. The number of hydrogen-bond donors (Lipinski definition) is 1. The molecule has 0 radical (unpaired) electrons. The number of carbonyl (C=O) groups is 5. The van der Waals surface area contributed by atoms with E-state index in [0.29, 0.717) is 59.3 Å². The maximum atomic E-state index is 14.9. The van der Waals surface area contributed by atoms with Crippen LogP contribution >= 0.6 is 22.9 Å². The molecule has 3 aromatic carbocycles. The third kappa shape index (κ3) is 12.5. The van der Waals surface area contributed by atoms with Gasteiger partial charge in [-0.15, -0.1) is 11.3 Å². The van der Waals surface area contributed by atoms with E-state index in [9.17, 15) is 28.5 Å². The molecular formula is C54H59BClN6O13S2+. The zero-order chi connectivity index (χ0) is 55.3. The Morgan fingerprint density at radius 2 is 1.61 bits per heavy atom. The Bertz CT molecular complexity index is 3130. The van der Waals surface area contributed by atoms with Gasteiger partial charge < -0.3 is 47.9 Å². The van der Waals surface area contributed by atoms with Gasteiger partial charge in [0.25, 0.3) is 17.7 Å². The quantitative estimate of drug-likeness (QED) is 0.0207. The number of methoxy groups -OCH3 is 2. The number of halogens is 1. The number of pyridine rings is 1. The highest BCUT2D eigenvalue weighted by molar-refractivity contribution is 7.92. The number of oxime groups is 1. The van der Waals surface area contributed by atoms with Crippen molar-refractivity contribution in [3.05, 3.63) is 134 Å². The zero-order valence-electron chi connectivity index (χ0n) is 44.1. The van der Waals surface area contributed by atoms with Crippen LogP contribution in [0.3, 0.4) is 0 Å². The van der Waals surface area contributed by atoms with Gasteiger partial charge in [-0.2, -0.15) is 4.57 Å². The molecule has 5 aromatic rings. The number of nitrogens with one attached hydrogen (secondary N) is 1. The molecule has 1 fully saturated rings. The summed E-state index contributed by atoms with van der Waals surface area (Å²) in [6.07, 6.45) is 3.67. The summed E-state index contributed by atoms with van der Waals surface area (Å²) in [5.74, 6) is -1.83. The minimum atomic E-state index is -1.85. The Morgan fingerprint density at radius 1 is 0.948 bits per heavy atom. The Hall–Kier alpha value is -7.14. The van der Waals surface area contributed by atoms with Gasteiger partial charge in [-0.25, -0.2) is 14.6 Å². The number of nitrogens with zero attached hydrogens (tertiary/aromatic N) is 5. The molecule has 0 saturated carbocycles. The second-order valence-electron chi connectivity index (χ2n) is 19.7. The number of ether oxygens (including phenoxy) is 5. The molecule has 1 unspecified atom stereocenters. The third-order valence-corrected chi connectivity index (χ3v) is 15.5. The van der Waals surface area contributed by atoms with E-state index in [0.717, 1.165) is 21.7 Å². The smallest absolute Gasteiger partial charge is 0.353 e. The van der Waals surface area contributed by atoms with Crippen LogP contribution in [-0.2, 0) is 70.8 Å². The predicted octanol–water partition coefficient (Wildman–Crippen LogP) is 5.85. The number of aryl methyl sites for hydroxylation is 1. The molecule has 404 valence electrons. The van der Waals surface area contributed by atoms with Gasteiger partial charge in [0.2, 0.25) is 16.7 Å². The molecule has 0 bridgehead atoms. The number of thiazole rings is 1. The summed E-state index contributed by atoms with van der Waals surface area (Å²) in [6, 6.07) is 20.3. The van der Waals surface area contributed by atoms with Gasteiger partial charge in [-0.05, 0) is 119 Å². The van der Waals surface area contributed by atoms with E-state index in [1.54, 1.807) is 76.6 Å². The van der Waals surface area contributed by atoms with Crippen molar-refractivity contribution in [2.24, 2.45) is 5.16 Å². The summed E-state index contributed by atoms with van der Waals surface area (Å²) < 4.78 is 50.2. The van der Waals surface area contributed by atoms with E-state index in [1.807, 2.05) is 59.2 Å². The monoisotopic (exact) mass is 1110 g/mol.